The van der Waals surface area contributed by atoms with E-state index < -0.39 is 0 Å². The summed E-state index contributed by atoms with van der Waals surface area (Å²) in [4.78, 5) is 0. The number of nitrogens with one attached hydrogen (secondary N) is 1. The number of aryl methyl sites for hydroxylation is 1. The molecule has 0 aliphatic heterocycles. The first-order valence-electron chi connectivity index (χ1n) is 10.2. The average Bonchev–Trinajstić information content (AvgIpc) is 3.15. The predicted molar refractivity (Wildman–Crippen MR) is 128 cm³/mol. The molecule has 0 atom stereocenters. The molecule has 0 radical (unpaired) electrons. The lowest BCUT2D eigenvalue weighted by Gasteiger charge is -2.14. The van der Waals surface area contributed by atoms with Crippen LogP contribution in [0.4, 0.5) is 0 Å². The van der Waals surface area contributed by atoms with Gasteiger partial charge in [0.1, 0.15) is 23.9 Å². The van der Waals surface area contributed by atoms with Gasteiger partial charge in [-0.3, -0.25) is 5.10 Å². The van der Waals surface area contributed by atoms with Crippen LogP contribution in [-0.2, 0) is 13.0 Å². The Balaban J connectivity index is 1.53. The highest BCUT2D eigenvalue weighted by atomic mass is 32.1. The molecule has 4 aromatic rings. The first kappa shape index (κ1) is 21.5. The molecule has 0 spiro atoms. The molecule has 0 bridgehead atoms. The quantitative estimate of drug-likeness (QED) is 0.295. The average molecular weight is 445 g/mol. The SMILES string of the molecule is COc1ccc(/C=N\n2c(C)n[nH]c2=S)cc1COc1ccccc1Cc1ccccc1. The Labute approximate surface area is 192 Å². The number of benzene rings is 3. The second-order valence-corrected chi connectivity index (χ2v) is 7.65. The molecule has 0 aliphatic rings. The number of aromatic amines is 1. The Hall–Kier alpha value is -3.71. The van der Waals surface area contributed by atoms with Crippen molar-refractivity contribution in [1.82, 2.24) is 14.9 Å². The fourth-order valence-corrected chi connectivity index (χ4v) is 3.61. The Morgan fingerprint density at radius 3 is 2.53 bits per heavy atom. The maximum atomic E-state index is 6.22. The predicted octanol–water partition coefficient (Wildman–Crippen LogP) is 5.31. The number of nitrogens with zero attached hydrogens (tertiary/aromatic N) is 3. The summed E-state index contributed by atoms with van der Waals surface area (Å²) in [6.45, 7) is 2.21. The number of H-pyrrole nitrogens is 1. The van der Waals surface area contributed by atoms with Crippen LogP contribution in [0.1, 0.15) is 28.1 Å². The van der Waals surface area contributed by atoms with Gasteiger partial charge in [0.15, 0.2) is 0 Å². The Morgan fingerprint density at radius 1 is 1.00 bits per heavy atom. The first-order chi connectivity index (χ1) is 15.6. The van der Waals surface area contributed by atoms with Crippen molar-refractivity contribution in [1.29, 1.82) is 0 Å². The minimum absolute atomic E-state index is 0.376. The molecule has 0 amide bonds. The van der Waals surface area contributed by atoms with Crippen molar-refractivity contribution in [3.63, 3.8) is 0 Å². The van der Waals surface area contributed by atoms with Gasteiger partial charge in [0.25, 0.3) is 0 Å². The number of para-hydroxylation sites is 1. The van der Waals surface area contributed by atoms with E-state index >= 15 is 0 Å². The Kier molecular flexibility index (Phi) is 6.77. The highest BCUT2D eigenvalue weighted by Crippen LogP contribution is 2.25. The van der Waals surface area contributed by atoms with Crippen molar-refractivity contribution in [2.24, 2.45) is 5.10 Å². The van der Waals surface area contributed by atoms with Crippen molar-refractivity contribution < 1.29 is 9.47 Å². The smallest absolute Gasteiger partial charge is 0.216 e. The van der Waals surface area contributed by atoms with Crippen LogP contribution in [0.3, 0.4) is 0 Å². The summed E-state index contributed by atoms with van der Waals surface area (Å²) in [5.41, 5.74) is 4.22. The number of rotatable bonds is 8. The van der Waals surface area contributed by atoms with Crippen LogP contribution in [0.2, 0.25) is 0 Å². The standard InChI is InChI=1S/C25H24N4O2S/c1-18-27-28-25(32)29(18)26-16-20-12-13-23(30-2)22(15-20)17-31-24-11-7-6-10-21(24)14-19-8-4-3-5-9-19/h3-13,15-16H,14,17H2,1-2H3,(H,28,32)/b26-16-. The van der Waals surface area contributed by atoms with E-state index in [-0.39, 0.29) is 0 Å². The summed E-state index contributed by atoms with van der Waals surface area (Å²) in [6, 6.07) is 24.3. The van der Waals surface area contributed by atoms with E-state index in [0.29, 0.717) is 17.2 Å². The molecule has 4 rings (SSSR count). The summed E-state index contributed by atoms with van der Waals surface area (Å²) >= 11 is 5.20. The minimum Gasteiger partial charge on any atom is -0.496 e. The van der Waals surface area contributed by atoms with Gasteiger partial charge in [-0.1, -0.05) is 48.5 Å². The topological polar surface area (TPSA) is 64.4 Å². The maximum Gasteiger partial charge on any atom is 0.216 e. The molecule has 0 aliphatic carbocycles. The van der Waals surface area contributed by atoms with Crippen molar-refractivity contribution >= 4 is 18.4 Å². The van der Waals surface area contributed by atoms with E-state index in [2.05, 4.69) is 45.6 Å². The lowest BCUT2D eigenvalue weighted by Crippen LogP contribution is -2.02. The van der Waals surface area contributed by atoms with Crippen LogP contribution < -0.4 is 9.47 Å². The molecular weight excluding hydrogens is 420 g/mol. The summed E-state index contributed by atoms with van der Waals surface area (Å²) < 4.78 is 13.8. The first-order valence-corrected chi connectivity index (χ1v) is 10.6. The zero-order chi connectivity index (χ0) is 22.3. The third-order valence-electron chi connectivity index (χ3n) is 5.03. The summed E-state index contributed by atoms with van der Waals surface area (Å²) in [7, 11) is 1.66. The fraction of sp³-hybridized carbons (Fsp3) is 0.160. The lowest BCUT2D eigenvalue weighted by atomic mass is 10.0. The third kappa shape index (κ3) is 5.12. The van der Waals surface area contributed by atoms with E-state index in [0.717, 1.165) is 34.6 Å². The van der Waals surface area contributed by atoms with Crippen molar-refractivity contribution in [3.8, 4) is 11.5 Å². The van der Waals surface area contributed by atoms with Gasteiger partial charge < -0.3 is 9.47 Å². The largest absolute Gasteiger partial charge is 0.496 e. The van der Waals surface area contributed by atoms with E-state index in [4.69, 9.17) is 21.7 Å². The zero-order valence-electron chi connectivity index (χ0n) is 18.0. The molecule has 7 heteroatoms. The van der Waals surface area contributed by atoms with Crippen LogP contribution in [-0.4, -0.2) is 28.2 Å². The van der Waals surface area contributed by atoms with Crippen LogP contribution in [0.25, 0.3) is 0 Å². The van der Waals surface area contributed by atoms with Crippen molar-refractivity contribution in [3.05, 3.63) is 106 Å². The molecule has 1 aromatic heterocycles. The number of ether oxygens (including phenoxy) is 2. The molecular formula is C25H24N4O2S. The van der Waals surface area contributed by atoms with Crippen molar-refractivity contribution in [2.45, 2.75) is 20.0 Å². The molecule has 32 heavy (non-hydrogen) atoms. The second-order valence-electron chi connectivity index (χ2n) is 7.26. The molecule has 1 N–H and O–H groups in total. The summed E-state index contributed by atoms with van der Waals surface area (Å²) in [6.07, 6.45) is 2.55. The lowest BCUT2D eigenvalue weighted by molar-refractivity contribution is 0.294. The van der Waals surface area contributed by atoms with Gasteiger partial charge >= 0.3 is 0 Å². The monoisotopic (exact) mass is 444 g/mol. The van der Waals surface area contributed by atoms with Crippen LogP contribution >= 0.6 is 12.2 Å². The highest BCUT2D eigenvalue weighted by Gasteiger charge is 2.09. The van der Waals surface area contributed by atoms with Crippen LogP contribution in [0, 0.1) is 11.7 Å². The van der Waals surface area contributed by atoms with Gasteiger partial charge in [0, 0.05) is 12.0 Å². The van der Waals surface area contributed by atoms with Crippen molar-refractivity contribution in [2.75, 3.05) is 7.11 Å². The Bertz CT molecular complexity index is 1280. The maximum absolute atomic E-state index is 6.22. The van der Waals surface area contributed by atoms with E-state index in [9.17, 15) is 0 Å². The van der Waals surface area contributed by atoms with Crippen LogP contribution in [0.15, 0.2) is 77.9 Å². The number of hydrogen-bond donors (Lipinski definition) is 1. The molecule has 3 aromatic carbocycles. The van der Waals surface area contributed by atoms with Gasteiger partial charge in [-0.25, -0.2) is 0 Å². The molecule has 6 nitrogen and oxygen atoms in total. The van der Waals surface area contributed by atoms with Gasteiger partial charge in [0.05, 0.1) is 13.3 Å². The molecule has 0 fully saturated rings. The molecule has 162 valence electrons. The number of hydrogen-bond acceptors (Lipinski definition) is 5. The van der Waals surface area contributed by atoms with E-state index in [1.165, 1.54) is 5.56 Å². The van der Waals surface area contributed by atoms with Gasteiger partial charge in [-0.2, -0.15) is 14.9 Å². The summed E-state index contributed by atoms with van der Waals surface area (Å²) in [5.74, 6) is 2.31. The van der Waals surface area contributed by atoms with Gasteiger partial charge in [-0.05, 0) is 60.1 Å². The van der Waals surface area contributed by atoms with E-state index in [1.807, 2.05) is 49.4 Å². The third-order valence-corrected chi connectivity index (χ3v) is 5.30. The number of methoxy groups -OCH3 is 1. The normalized spacial score (nSPS) is 11.1. The van der Waals surface area contributed by atoms with Crippen LogP contribution in [0.5, 0.6) is 11.5 Å². The number of aromatic nitrogens is 3. The summed E-state index contributed by atoms with van der Waals surface area (Å²) in [5, 5.41) is 11.2. The fourth-order valence-electron chi connectivity index (χ4n) is 3.38. The zero-order valence-corrected chi connectivity index (χ0v) is 18.8. The minimum atomic E-state index is 0.376. The van der Waals surface area contributed by atoms with Gasteiger partial charge in [-0.15, -0.1) is 0 Å². The molecule has 1 heterocycles. The van der Waals surface area contributed by atoms with Gasteiger partial charge in [0.2, 0.25) is 4.77 Å². The molecule has 0 saturated carbocycles. The van der Waals surface area contributed by atoms with E-state index in [1.54, 1.807) is 18.0 Å². The molecule has 0 saturated heterocycles. The second kappa shape index (κ2) is 10.1. The highest BCUT2D eigenvalue weighted by molar-refractivity contribution is 7.71. The Morgan fingerprint density at radius 2 is 1.78 bits per heavy atom. The molecule has 0 unspecified atom stereocenters.